The van der Waals surface area contributed by atoms with Crippen molar-refractivity contribution >= 4 is 0 Å². The number of benzene rings is 1. The van der Waals surface area contributed by atoms with Crippen LogP contribution in [0.25, 0.3) is 0 Å². The van der Waals surface area contributed by atoms with E-state index in [1.165, 1.54) is 22.4 Å². The Bertz CT molecular complexity index is 552. The molecule has 0 amide bonds. The van der Waals surface area contributed by atoms with Gasteiger partial charge >= 0.3 is 0 Å². The van der Waals surface area contributed by atoms with Crippen LogP contribution >= 0.6 is 0 Å². The first-order valence-electron chi connectivity index (χ1n) is 6.84. The fourth-order valence-corrected chi connectivity index (χ4v) is 2.63. The van der Waals surface area contributed by atoms with Gasteiger partial charge in [0.15, 0.2) is 0 Å². The SMILES string of the molecule is CCc1ccc(C(NC)c2c(C)nn(C)c2C)cc1. The van der Waals surface area contributed by atoms with Gasteiger partial charge in [-0.3, -0.25) is 4.68 Å². The van der Waals surface area contributed by atoms with E-state index in [1.54, 1.807) is 0 Å². The minimum Gasteiger partial charge on any atom is -0.309 e. The van der Waals surface area contributed by atoms with Crippen LogP contribution in [-0.2, 0) is 13.5 Å². The van der Waals surface area contributed by atoms with Crippen molar-refractivity contribution in [1.82, 2.24) is 15.1 Å². The molecule has 0 aliphatic rings. The fourth-order valence-electron chi connectivity index (χ4n) is 2.63. The summed E-state index contributed by atoms with van der Waals surface area (Å²) in [4.78, 5) is 0. The van der Waals surface area contributed by atoms with Gasteiger partial charge in [0.1, 0.15) is 0 Å². The van der Waals surface area contributed by atoms with Crippen molar-refractivity contribution in [1.29, 1.82) is 0 Å². The predicted molar refractivity (Wildman–Crippen MR) is 79.4 cm³/mol. The van der Waals surface area contributed by atoms with E-state index < -0.39 is 0 Å². The van der Waals surface area contributed by atoms with Crippen LogP contribution in [0.4, 0.5) is 0 Å². The molecule has 1 N–H and O–H groups in total. The molecule has 0 fully saturated rings. The lowest BCUT2D eigenvalue weighted by Crippen LogP contribution is -2.19. The van der Waals surface area contributed by atoms with E-state index in [0.717, 1.165) is 12.1 Å². The molecule has 1 atom stereocenters. The molecule has 3 nitrogen and oxygen atoms in total. The third-order valence-electron chi connectivity index (χ3n) is 3.86. The zero-order chi connectivity index (χ0) is 14.0. The summed E-state index contributed by atoms with van der Waals surface area (Å²) in [5.74, 6) is 0. The third kappa shape index (κ3) is 2.56. The summed E-state index contributed by atoms with van der Waals surface area (Å²) < 4.78 is 1.95. The van der Waals surface area contributed by atoms with Crippen LogP contribution in [0.5, 0.6) is 0 Å². The second-order valence-electron chi connectivity index (χ2n) is 5.02. The minimum absolute atomic E-state index is 0.208. The number of nitrogens with zero attached hydrogens (tertiary/aromatic N) is 2. The summed E-state index contributed by atoms with van der Waals surface area (Å²) in [6.07, 6.45) is 1.08. The standard InChI is InChI=1S/C16H23N3/c1-6-13-7-9-14(10-8-13)16(17-4)15-11(2)18-19(5)12(15)3/h7-10,16-17H,6H2,1-5H3. The Morgan fingerprint density at radius 3 is 2.26 bits per heavy atom. The Labute approximate surface area is 115 Å². The van der Waals surface area contributed by atoms with E-state index in [2.05, 4.69) is 55.5 Å². The molecule has 2 rings (SSSR count). The van der Waals surface area contributed by atoms with Crippen molar-refractivity contribution < 1.29 is 0 Å². The summed E-state index contributed by atoms with van der Waals surface area (Å²) in [6.45, 7) is 6.38. The first kappa shape index (κ1) is 13.8. The smallest absolute Gasteiger partial charge is 0.0647 e. The van der Waals surface area contributed by atoms with Crippen LogP contribution in [0.1, 0.15) is 41.0 Å². The van der Waals surface area contributed by atoms with Gasteiger partial charge in [0.25, 0.3) is 0 Å². The van der Waals surface area contributed by atoms with Gasteiger partial charge in [-0.25, -0.2) is 0 Å². The van der Waals surface area contributed by atoms with Gasteiger partial charge in [-0.05, 0) is 38.4 Å². The Kier molecular flexibility index (Phi) is 4.05. The molecule has 0 radical (unpaired) electrons. The van der Waals surface area contributed by atoms with E-state index in [0.29, 0.717) is 0 Å². The maximum absolute atomic E-state index is 4.52. The highest BCUT2D eigenvalue weighted by Gasteiger charge is 2.20. The number of nitrogens with one attached hydrogen (secondary N) is 1. The van der Waals surface area contributed by atoms with Crippen LogP contribution in [-0.4, -0.2) is 16.8 Å². The number of hydrogen-bond donors (Lipinski definition) is 1. The molecule has 102 valence electrons. The topological polar surface area (TPSA) is 29.9 Å². The Morgan fingerprint density at radius 1 is 1.21 bits per heavy atom. The van der Waals surface area contributed by atoms with Crippen molar-refractivity contribution in [3.05, 3.63) is 52.3 Å². The lowest BCUT2D eigenvalue weighted by atomic mass is 9.96. The predicted octanol–water partition coefficient (Wildman–Crippen LogP) is 2.91. The summed E-state index contributed by atoms with van der Waals surface area (Å²) in [5.41, 5.74) is 6.27. The normalized spacial score (nSPS) is 12.7. The quantitative estimate of drug-likeness (QED) is 0.912. The Balaban J connectivity index is 2.43. The van der Waals surface area contributed by atoms with Crippen molar-refractivity contribution in [2.75, 3.05) is 7.05 Å². The van der Waals surface area contributed by atoms with Gasteiger partial charge in [-0.1, -0.05) is 31.2 Å². The van der Waals surface area contributed by atoms with Gasteiger partial charge in [0, 0.05) is 18.3 Å². The Hall–Kier alpha value is -1.61. The van der Waals surface area contributed by atoms with Crippen LogP contribution in [0.15, 0.2) is 24.3 Å². The van der Waals surface area contributed by atoms with Crippen molar-refractivity contribution in [2.45, 2.75) is 33.2 Å². The Morgan fingerprint density at radius 2 is 1.84 bits per heavy atom. The fraction of sp³-hybridized carbons (Fsp3) is 0.438. The molecule has 1 heterocycles. The first-order chi connectivity index (χ1) is 9.08. The molecule has 2 aromatic rings. The second-order valence-corrected chi connectivity index (χ2v) is 5.02. The summed E-state index contributed by atoms with van der Waals surface area (Å²) in [6, 6.07) is 9.05. The van der Waals surface area contributed by atoms with E-state index in [4.69, 9.17) is 0 Å². The maximum atomic E-state index is 4.52. The molecule has 0 saturated heterocycles. The lowest BCUT2D eigenvalue weighted by molar-refractivity contribution is 0.678. The molecule has 0 aliphatic carbocycles. The molecule has 1 aromatic carbocycles. The maximum Gasteiger partial charge on any atom is 0.0647 e. The molecule has 0 bridgehead atoms. The van der Waals surface area contributed by atoms with Crippen LogP contribution < -0.4 is 5.32 Å². The van der Waals surface area contributed by atoms with Gasteiger partial charge < -0.3 is 5.32 Å². The highest BCUT2D eigenvalue weighted by Crippen LogP contribution is 2.27. The summed E-state index contributed by atoms with van der Waals surface area (Å²) in [5, 5.41) is 7.93. The monoisotopic (exact) mass is 257 g/mol. The minimum atomic E-state index is 0.208. The molecule has 0 aliphatic heterocycles. The zero-order valence-corrected chi connectivity index (χ0v) is 12.5. The molecule has 1 aromatic heterocycles. The first-order valence-corrected chi connectivity index (χ1v) is 6.84. The molecule has 1 unspecified atom stereocenters. The van der Waals surface area contributed by atoms with E-state index in [-0.39, 0.29) is 6.04 Å². The largest absolute Gasteiger partial charge is 0.309 e. The van der Waals surface area contributed by atoms with E-state index in [1.807, 2.05) is 18.8 Å². The molecule has 0 saturated carbocycles. The van der Waals surface area contributed by atoms with Crippen molar-refractivity contribution in [3.63, 3.8) is 0 Å². The lowest BCUT2D eigenvalue weighted by Gasteiger charge is -2.18. The van der Waals surface area contributed by atoms with Crippen molar-refractivity contribution in [3.8, 4) is 0 Å². The molecule has 3 heteroatoms. The summed E-state index contributed by atoms with van der Waals surface area (Å²) in [7, 11) is 4.00. The molecular formula is C16H23N3. The highest BCUT2D eigenvalue weighted by atomic mass is 15.3. The van der Waals surface area contributed by atoms with E-state index in [9.17, 15) is 0 Å². The van der Waals surface area contributed by atoms with Crippen molar-refractivity contribution in [2.24, 2.45) is 7.05 Å². The molecular weight excluding hydrogens is 234 g/mol. The van der Waals surface area contributed by atoms with E-state index >= 15 is 0 Å². The van der Waals surface area contributed by atoms with Gasteiger partial charge in [-0.15, -0.1) is 0 Å². The highest BCUT2D eigenvalue weighted by molar-refractivity contribution is 5.38. The molecule has 19 heavy (non-hydrogen) atoms. The summed E-state index contributed by atoms with van der Waals surface area (Å²) >= 11 is 0. The number of rotatable bonds is 4. The third-order valence-corrected chi connectivity index (χ3v) is 3.86. The van der Waals surface area contributed by atoms with Gasteiger partial charge in [-0.2, -0.15) is 5.10 Å². The zero-order valence-electron chi connectivity index (χ0n) is 12.5. The second kappa shape index (κ2) is 5.57. The van der Waals surface area contributed by atoms with Crippen LogP contribution in [0, 0.1) is 13.8 Å². The average molecular weight is 257 g/mol. The van der Waals surface area contributed by atoms with Gasteiger partial charge in [0.05, 0.1) is 11.7 Å². The average Bonchev–Trinajstić information content (AvgIpc) is 2.67. The number of aryl methyl sites for hydroxylation is 3. The van der Waals surface area contributed by atoms with Crippen LogP contribution in [0.2, 0.25) is 0 Å². The molecule has 0 spiro atoms. The number of aromatic nitrogens is 2. The van der Waals surface area contributed by atoms with Crippen LogP contribution in [0.3, 0.4) is 0 Å². The number of hydrogen-bond acceptors (Lipinski definition) is 2. The van der Waals surface area contributed by atoms with Gasteiger partial charge in [0.2, 0.25) is 0 Å².